The number of carbonyl (C=O) groups is 2. The van der Waals surface area contributed by atoms with Crippen molar-refractivity contribution >= 4 is 23.2 Å². The van der Waals surface area contributed by atoms with Gasteiger partial charge in [0.1, 0.15) is 5.75 Å². The molecule has 0 aliphatic carbocycles. The van der Waals surface area contributed by atoms with E-state index in [1.54, 1.807) is 24.3 Å². The van der Waals surface area contributed by atoms with Crippen molar-refractivity contribution in [3.05, 3.63) is 53.6 Å². The summed E-state index contributed by atoms with van der Waals surface area (Å²) in [7, 11) is 0. The second-order valence-electron chi connectivity index (χ2n) is 7.68. The second-order valence-corrected chi connectivity index (χ2v) is 7.68. The first-order valence-electron chi connectivity index (χ1n) is 10.8. The van der Waals surface area contributed by atoms with Crippen LogP contribution in [0.4, 0.5) is 11.4 Å². The van der Waals surface area contributed by atoms with Gasteiger partial charge in [-0.2, -0.15) is 0 Å². The van der Waals surface area contributed by atoms with Crippen LogP contribution in [0.25, 0.3) is 0 Å². The van der Waals surface area contributed by atoms with E-state index >= 15 is 0 Å². The third kappa shape index (κ3) is 5.75. The molecule has 2 amide bonds. The molecule has 30 heavy (non-hydrogen) atoms. The zero-order valence-corrected chi connectivity index (χ0v) is 17.7. The normalized spacial score (nSPS) is 13.7. The molecule has 3 rings (SSSR count). The number of benzene rings is 2. The van der Waals surface area contributed by atoms with E-state index < -0.39 is 5.91 Å². The Bertz CT molecular complexity index is 858. The number of nitrogens with one attached hydrogen (secondary N) is 1. The molecule has 1 fully saturated rings. The quantitative estimate of drug-likeness (QED) is 0.593. The fourth-order valence-corrected chi connectivity index (χ4v) is 3.64. The average Bonchev–Trinajstić information content (AvgIpc) is 2.77. The molecule has 0 saturated carbocycles. The average molecular weight is 410 g/mol. The Kier molecular flexibility index (Phi) is 7.71. The molecule has 2 aromatic carbocycles. The molecule has 1 aliphatic rings. The lowest BCUT2D eigenvalue weighted by Crippen LogP contribution is -2.30. The highest BCUT2D eigenvalue weighted by Gasteiger charge is 2.18. The number of amides is 2. The minimum absolute atomic E-state index is 0.229. The Morgan fingerprint density at radius 1 is 1.00 bits per heavy atom. The van der Waals surface area contributed by atoms with Crippen molar-refractivity contribution in [2.24, 2.45) is 5.73 Å². The number of anilines is 2. The topological polar surface area (TPSA) is 84.7 Å². The van der Waals surface area contributed by atoms with Crippen molar-refractivity contribution in [2.75, 3.05) is 29.9 Å². The highest BCUT2D eigenvalue weighted by atomic mass is 16.5. The van der Waals surface area contributed by atoms with Crippen molar-refractivity contribution in [2.45, 2.75) is 45.4 Å². The Morgan fingerprint density at radius 2 is 1.70 bits per heavy atom. The maximum atomic E-state index is 12.9. The van der Waals surface area contributed by atoms with Gasteiger partial charge < -0.3 is 20.7 Å². The molecule has 6 heteroatoms. The lowest BCUT2D eigenvalue weighted by Gasteiger charge is -2.30. The van der Waals surface area contributed by atoms with Crippen LogP contribution >= 0.6 is 0 Å². The number of rotatable bonds is 9. The summed E-state index contributed by atoms with van der Waals surface area (Å²) in [6.07, 6.45) is 6.76. The summed E-state index contributed by atoms with van der Waals surface area (Å²) in [6, 6.07) is 12.4. The van der Waals surface area contributed by atoms with Gasteiger partial charge in [-0.1, -0.05) is 19.8 Å². The molecule has 2 aromatic rings. The monoisotopic (exact) mass is 409 g/mol. The van der Waals surface area contributed by atoms with Crippen LogP contribution in [0.3, 0.4) is 0 Å². The second kappa shape index (κ2) is 10.7. The van der Waals surface area contributed by atoms with Crippen LogP contribution < -0.4 is 20.7 Å². The van der Waals surface area contributed by atoms with E-state index in [0.29, 0.717) is 23.4 Å². The molecule has 1 aliphatic heterocycles. The van der Waals surface area contributed by atoms with E-state index in [0.717, 1.165) is 56.6 Å². The molecule has 160 valence electrons. The third-order valence-electron chi connectivity index (χ3n) is 5.36. The number of hydrogen-bond donors (Lipinski definition) is 2. The summed E-state index contributed by atoms with van der Waals surface area (Å²) in [6.45, 7) is 4.70. The predicted octanol–water partition coefficient (Wildman–Crippen LogP) is 4.60. The molecule has 1 heterocycles. The minimum atomic E-state index is -0.514. The van der Waals surface area contributed by atoms with Gasteiger partial charge in [0.25, 0.3) is 5.91 Å². The maximum absolute atomic E-state index is 12.9. The van der Waals surface area contributed by atoms with Crippen molar-refractivity contribution in [3.8, 4) is 5.75 Å². The van der Waals surface area contributed by atoms with Crippen molar-refractivity contribution < 1.29 is 14.3 Å². The Morgan fingerprint density at radius 3 is 2.37 bits per heavy atom. The Hall–Kier alpha value is -3.02. The number of carbonyl (C=O) groups excluding carboxylic acids is 2. The van der Waals surface area contributed by atoms with Gasteiger partial charge >= 0.3 is 0 Å². The zero-order chi connectivity index (χ0) is 21.3. The van der Waals surface area contributed by atoms with Crippen LogP contribution in [0.1, 0.15) is 66.2 Å². The number of primary amides is 1. The summed E-state index contributed by atoms with van der Waals surface area (Å²) in [5.74, 6) is 0.0139. The third-order valence-corrected chi connectivity index (χ3v) is 5.36. The smallest absolute Gasteiger partial charge is 0.255 e. The number of unbranched alkanes of at least 4 members (excludes halogenated alkanes) is 2. The van der Waals surface area contributed by atoms with Crippen LogP contribution in [0, 0.1) is 0 Å². The first-order chi connectivity index (χ1) is 14.6. The highest BCUT2D eigenvalue weighted by Crippen LogP contribution is 2.30. The van der Waals surface area contributed by atoms with Gasteiger partial charge in [0.15, 0.2) is 0 Å². The number of piperidine rings is 1. The van der Waals surface area contributed by atoms with E-state index in [1.807, 2.05) is 18.2 Å². The molecule has 0 aromatic heterocycles. The SMILES string of the molecule is CCCCCOc1ccc(C(=O)Nc2cc(C(N)=O)ccc2N2CCCCC2)cc1. The van der Waals surface area contributed by atoms with E-state index in [4.69, 9.17) is 10.5 Å². The zero-order valence-electron chi connectivity index (χ0n) is 17.7. The predicted molar refractivity (Wildman–Crippen MR) is 120 cm³/mol. The summed E-state index contributed by atoms with van der Waals surface area (Å²) in [4.78, 5) is 26.7. The first-order valence-corrected chi connectivity index (χ1v) is 10.8. The molecule has 3 N–H and O–H groups in total. The number of nitrogens with two attached hydrogens (primary N) is 1. The lowest BCUT2D eigenvalue weighted by molar-refractivity contribution is 0.0996. The van der Waals surface area contributed by atoms with Crippen LogP contribution in [0.5, 0.6) is 5.75 Å². The molecular formula is C24H31N3O3. The molecule has 0 radical (unpaired) electrons. The molecule has 6 nitrogen and oxygen atoms in total. The molecule has 0 bridgehead atoms. The number of hydrogen-bond acceptors (Lipinski definition) is 4. The van der Waals surface area contributed by atoms with E-state index in [2.05, 4.69) is 17.1 Å². The van der Waals surface area contributed by atoms with Crippen LogP contribution in [0.2, 0.25) is 0 Å². The van der Waals surface area contributed by atoms with Crippen molar-refractivity contribution in [1.29, 1.82) is 0 Å². The van der Waals surface area contributed by atoms with Gasteiger partial charge in [0.05, 0.1) is 18.0 Å². The van der Waals surface area contributed by atoms with Crippen molar-refractivity contribution in [3.63, 3.8) is 0 Å². The van der Waals surface area contributed by atoms with Gasteiger partial charge in [0.2, 0.25) is 5.91 Å². The van der Waals surface area contributed by atoms with Crippen LogP contribution in [-0.4, -0.2) is 31.5 Å². The van der Waals surface area contributed by atoms with E-state index in [-0.39, 0.29) is 5.91 Å². The minimum Gasteiger partial charge on any atom is -0.494 e. The van der Waals surface area contributed by atoms with Gasteiger partial charge in [-0.05, 0) is 68.1 Å². The lowest BCUT2D eigenvalue weighted by atomic mass is 10.1. The van der Waals surface area contributed by atoms with Gasteiger partial charge in [-0.15, -0.1) is 0 Å². The molecular weight excluding hydrogens is 378 g/mol. The summed E-state index contributed by atoms with van der Waals surface area (Å²) in [5.41, 5.74) is 7.89. The molecule has 0 atom stereocenters. The van der Waals surface area contributed by atoms with Crippen LogP contribution in [0.15, 0.2) is 42.5 Å². The standard InChI is InChI=1S/C24H31N3O3/c1-2-3-7-16-30-20-11-8-18(9-12-20)24(29)26-21-17-19(23(25)28)10-13-22(21)27-14-5-4-6-15-27/h8-13,17H,2-7,14-16H2,1H3,(H2,25,28)(H,26,29). The molecule has 1 saturated heterocycles. The van der Waals surface area contributed by atoms with E-state index in [1.165, 1.54) is 6.42 Å². The molecule has 0 unspecified atom stereocenters. The number of ether oxygens (including phenoxy) is 1. The van der Waals surface area contributed by atoms with Crippen molar-refractivity contribution in [1.82, 2.24) is 0 Å². The van der Waals surface area contributed by atoms with Gasteiger partial charge in [-0.25, -0.2) is 0 Å². The largest absolute Gasteiger partial charge is 0.494 e. The Balaban J connectivity index is 1.73. The summed E-state index contributed by atoms with van der Waals surface area (Å²) in [5, 5.41) is 2.97. The van der Waals surface area contributed by atoms with Crippen LogP contribution in [-0.2, 0) is 0 Å². The number of nitrogens with zero attached hydrogens (tertiary/aromatic N) is 1. The van der Waals surface area contributed by atoms with E-state index in [9.17, 15) is 9.59 Å². The highest BCUT2D eigenvalue weighted by molar-refractivity contribution is 6.07. The van der Waals surface area contributed by atoms with Gasteiger partial charge in [0, 0.05) is 24.2 Å². The van der Waals surface area contributed by atoms with Gasteiger partial charge in [-0.3, -0.25) is 9.59 Å². The summed E-state index contributed by atoms with van der Waals surface area (Å²) < 4.78 is 5.71. The fourth-order valence-electron chi connectivity index (χ4n) is 3.64. The molecule has 0 spiro atoms. The Labute approximate surface area is 178 Å². The first kappa shape index (κ1) is 21.7. The maximum Gasteiger partial charge on any atom is 0.255 e. The fraction of sp³-hybridized carbons (Fsp3) is 0.417. The summed E-state index contributed by atoms with van der Waals surface area (Å²) >= 11 is 0.